The molecule has 0 bridgehead atoms. The lowest BCUT2D eigenvalue weighted by atomic mass is 10.0. The van der Waals surface area contributed by atoms with Crippen LogP contribution in [0, 0.1) is 0 Å². The van der Waals surface area contributed by atoms with E-state index in [-0.39, 0.29) is 17.9 Å². The first-order chi connectivity index (χ1) is 16.2. The van der Waals surface area contributed by atoms with Crippen LogP contribution in [0.2, 0.25) is 0 Å². The molecule has 0 aliphatic carbocycles. The van der Waals surface area contributed by atoms with Gasteiger partial charge in [-0.25, -0.2) is 4.98 Å². The third-order valence-corrected chi connectivity index (χ3v) is 7.70. The third-order valence-electron chi connectivity index (χ3n) is 5.54. The molecule has 33 heavy (non-hydrogen) atoms. The maximum Gasteiger partial charge on any atom is 0.256 e. The molecule has 0 spiro atoms. The summed E-state index contributed by atoms with van der Waals surface area (Å²) in [6, 6.07) is 19.3. The van der Waals surface area contributed by atoms with E-state index in [1.165, 1.54) is 23.1 Å². The van der Waals surface area contributed by atoms with Gasteiger partial charge in [-0.1, -0.05) is 48.2 Å². The summed E-state index contributed by atoms with van der Waals surface area (Å²) in [7, 11) is 0. The molecule has 8 heteroatoms. The average molecular weight is 478 g/mol. The zero-order chi connectivity index (χ0) is 22.6. The first kappa shape index (κ1) is 21.9. The summed E-state index contributed by atoms with van der Waals surface area (Å²) in [6.07, 6.45) is 2.21. The molecule has 1 aliphatic rings. The molecule has 4 aromatic rings. The van der Waals surface area contributed by atoms with E-state index in [9.17, 15) is 9.59 Å². The predicted octanol–water partition coefficient (Wildman–Crippen LogP) is 5.09. The minimum Gasteiger partial charge on any atom is -0.376 e. The molecule has 5 rings (SSSR count). The fourth-order valence-corrected chi connectivity index (χ4v) is 5.81. The van der Waals surface area contributed by atoms with Crippen molar-refractivity contribution in [1.29, 1.82) is 0 Å². The monoisotopic (exact) mass is 477 g/mol. The standard InChI is InChI=1S/C25H23N3O3S2/c29-23(26-14-18-7-4-12-31-18)15-32-25-28-21-11-10-17(13-22(21)33-25)27-24(30)20-9-3-6-16-5-1-2-8-19(16)20/h1-3,5-6,8-11,13,18H,4,7,12,14-15H2,(H,26,29)(H,27,30)/t18-/m0/s1. The van der Waals surface area contributed by atoms with Crippen molar-refractivity contribution in [2.24, 2.45) is 0 Å². The van der Waals surface area contributed by atoms with Gasteiger partial charge in [-0.2, -0.15) is 0 Å². The van der Waals surface area contributed by atoms with Gasteiger partial charge >= 0.3 is 0 Å². The summed E-state index contributed by atoms with van der Waals surface area (Å²) in [4.78, 5) is 29.7. The van der Waals surface area contributed by atoms with Crippen LogP contribution in [0.4, 0.5) is 5.69 Å². The van der Waals surface area contributed by atoms with Gasteiger partial charge < -0.3 is 15.4 Å². The van der Waals surface area contributed by atoms with E-state index in [0.29, 0.717) is 17.9 Å². The molecule has 0 radical (unpaired) electrons. The van der Waals surface area contributed by atoms with Crippen LogP contribution < -0.4 is 10.6 Å². The lowest BCUT2D eigenvalue weighted by molar-refractivity contribution is -0.119. The van der Waals surface area contributed by atoms with Crippen LogP contribution in [0.1, 0.15) is 23.2 Å². The Bertz CT molecular complexity index is 1310. The number of hydrogen-bond acceptors (Lipinski definition) is 6. The molecular weight excluding hydrogens is 454 g/mol. The van der Waals surface area contributed by atoms with E-state index in [1.54, 1.807) is 0 Å². The molecule has 1 atom stereocenters. The van der Waals surface area contributed by atoms with Gasteiger partial charge in [0.25, 0.3) is 5.91 Å². The lowest BCUT2D eigenvalue weighted by Gasteiger charge is -2.09. The van der Waals surface area contributed by atoms with Gasteiger partial charge in [0, 0.05) is 24.4 Å². The van der Waals surface area contributed by atoms with E-state index in [1.807, 2.05) is 60.7 Å². The van der Waals surface area contributed by atoms with Crippen molar-refractivity contribution in [2.45, 2.75) is 23.3 Å². The first-order valence-electron chi connectivity index (χ1n) is 10.9. The Morgan fingerprint density at radius 2 is 2.00 bits per heavy atom. The Hall–Kier alpha value is -2.94. The molecule has 1 saturated heterocycles. The van der Waals surface area contributed by atoms with Crippen LogP contribution in [0.15, 0.2) is 65.0 Å². The number of ether oxygens (including phenoxy) is 1. The van der Waals surface area contributed by atoms with Crippen molar-refractivity contribution >= 4 is 61.6 Å². The number of thiazole rings is 1. The summed E-state index contributed by atoms with van der Waals surface area (Å²) in [5.74, 6) is 0.156. The number of aromatic nitrogens is 1. The number of nitrogens with one attached hydrogen (secondary N) is 2. The van der Waals surface area contributed by atoms with Crippen molar-refractivity contribution < 1.29 is 14.3 Å². The number of amides is 2. The van der Waals surface area contributed by atoms with E-state index in [2.05, 4.69) is 15.6 Å². The number of fused-ring (bicyclic) bond motifs is 2. The minimum atomic E-state index is -0.145. The molecule has 0 saturated carbocycles. The second-order valence-corrected chi connectivity index (χ2v) is 10.1. The number of benzene rings is 3. The SMILES string of the molecule is O=C(CSc1nc2ccc(NC(=O)c3cccc4ccccc34)cc2s1)NC[C@@H]1CCCO1. The number of hydrogen-bond donors (Lipinski definition) is 2. The summed E-state index contributed by atoms with van der Waals surface area (Å²) in [6.45, 7) is 1.35. The molecule has 1 aromatic heterocycles. The third kappa shape index (κ3) is 5.19. The van der Waals surface area contributed by atoms with Crippen LogP contribution in [0.25, 0.3) is 21.0 Å². The smallest absolute Gasteiger partial charge is 0.256 e. The second-order valence-electron chi connectivity index (χ2n) is 7.87. The summed E-state index contributed by atoms with van der Waals surface area (Å²) in [5, 5.41) is 7.89. The van der Waals surface area contributed by atoms with Gasteiger partial charge in [-0.15, -0.1) is 11.3 Å². The normalized spacial score (nSPS) is 15.7. The van der Waals surface area contributed by atoms with E-state index >= 15 is 0 Å². The Kier molecular flexibility index (Phi) is 6.57. The summed E-state index contributed by atoms with van der Waals surface area (Å²) in [5.41, 5.74) is 2.21. The molecule has 3 aromatic carbocycles. The zero-order valence-electron chi connectivity index (χ0n) is 17.9. The highest BCUT2D eigenvalue weighted by atomic mass is 32.2. The number of thioether (sulfide) groups is 1. The quantitative estimate of drug-likeness (QED) is 0.363. The fourth-order valence-electron chi connectivity index (χ4n) is 3.88. The Morgan fingerprint density at radius 1 is 1.12 bits per heavy atom. The van der Waals surface area contributed by atoms with Crippen LogP contribution in [0.3, 0.4) is 0 Å². The Labute approximate surface area is 199 Å². The molecule has 6 nitrogen and oxygen atoms in total. The molecule has 1 aliphatic heterocycles. The lowest BCUT2D eigenvalue weighted by Crippen LogP contribution is -2.32. The maximum atomic E-state index is 12.9. The average Bonchev–Trinajstić information content (AvgIpc) is 3.50. The predicted molar refractivity (Wildman–Crippen MR) is 134 cm³/mol. The van der Waals surface area contributed by atoms with E-state index in [0.717, 1.165) is 50.5 Å². The number of carbonyl (C=O) groups is 2. The van der Waals surface area contributed by atoms with Gasteiger partial charge in [-0.3, -0.25) is 9.59 Å². The molecular formula is C25H23N3O3S2. The fraction of sp³-hybridized carbons (Fsp3) is 0.240. The van der Waals surface area contributed by atoms with E-state index in [4.69, 9.17) is 4.74 Å². The van der Waals surface area contributed by atoms with Crippen molar-refractivity contribution in [3.63, 3.8) is 0 Å². The molecule has 2 N–H and O–H groups in total. The number of anilines is 1. The van der Waals surface area contributed by atoms with Crippen LogP contribution in [-0.4, -0.2) is 41.8 Å². The molecule has 1 fully saturated rings. The van der Waals surface area contributed by atoms with Gasteiger partial charge in [0.2, 0.25) is 5.91 Å². The Morgan fingerprint density at radius 3 is 2.88 bits per heavy atom. The van der Waals surface area contributed by atoms with Crippen molar-refractivity contribution in [1.82, 2.24) is 10.3 Å². The first-order valence-corrected chi connectivity index (χ1v) is 12.7. The topological polar surface area (TPSA) is 80.3 Å². The van der Waals surface area contributed by atoms with E-state index < -0.39 is 0 Å². The molecule has 168 valence electrons. The number of nitrogens with zero attached hydrogens (tertiary/aromatic N) is 1. The zero-order valence-corrected chi connectivity index (χ0v) is 19.5. The van der Waals surface area contributed by atoms with Gasteiger partial charge in [0.15, 0.2) is 4.34 Å². The van der Waals surface area contributed by atoms with Crippen LogP contribution in [-0.2, 0) is 9.53 Å². The van der Waals surface area contributed by atoms with Gasteiger partial charge in [0.1, 0.15) is 0 Å². The molecule has 0 unspecified atom stereocenters. The highest BCUT2D eigenvalue weighted by Gasteiger charge is 2.17. The van der Waals surface area contributed by atoms with Gasteiger partial charge in [-0.05, 0) is 47.9 Å². The van der Waals surface area contributed by atoms with Gasteiger partial charge in [0.05, 0.1) is 22.1 Å². The Balaban J connectivity index is 1.22. The van der Waals surface area contributed by atoms with Crippen LogP contribution in [0.5, 0.6) is 0 Å². The highest BCUT2D eigenvalue weighted by Crippen LogP contribution is 2.31. The maximum absolute atomic E-state index is 12.9. The number of rotatable bonds is 7. The molecule has 2 amide bonds. The molecule has 2 heterocycles. The largest absolute Gasteiger partial charge is 0.376 e. The van der Waals surface area contributed by atoms with Crippen molar-refractivity contribution in [2.75, 3.05) is 24.2 Å². The summed E-state index contributed by atoms with van der Waals surface area (Å²) < 4.78 is 7.33. The number of carbonyl (C=O) groups excluding carboxylic acids is 2. The highest BCUT2D eigenvalue weighted by molar-refractivity contribution is 8.01. The van der Waals surface area contributed by atoms with Crippen molar-refractivity contribution in [3.05, 3.63) is 66.2 Å². The van der Waals surface area contributed by atoms with Crippen molar-refractivity contribution in [3.8, 4) is 0 Å². The minimum absolute atomic E-state index is 0.0159. The second kappa shape index (κ2) is 9.91. The summed E-state index contributed by atoms with van der Waals surface area (Å²) >= 11 is 2.94. The van der Waals surface area contributed by atoms with Crippen LogP contribution >= 0.6 is 23.1 Å².